The molecule has 0 fully saturated rings. The largest absolute Gasteiger partial charge is 0.500 e. The first-order chi connectivity index (χ1) is 11.6. The van der Waals surface area contributed by atoms with Crippen LogP contribution >= 0.6 is 11.8 Å². The third-order valence-corrected chi connectivity index (χ3v) is 7.38. The smallest absolute Gasteiger partial charge is 0.374 e. The van der Waals surface area contributed by atoms with Crippen molar-refractivity contribution in [1.29, 1.82) is 0 Å². The quantitative estimate of drug-likeness (QED) is 0.317. The van der Waals surface area contributed by atoms with Crippen LogP contribution in [0.4, 0.5) is 0 Å². The molecule has 0 aliphatic rings. The Hall–Kier alpha value is -0.993. The fourth-order valence-electron chi connectivity index (χ4n) is 2.24. The lowest BCUT2D eigenvalue weighted by Crippen LogP contribution is -2.46. The van der Waals surface area contributed by atoms with E-state index in [1.165, 1.54) is 11.8 Å². The summed E-state index contributed by atoms with van der Waals surface area (Å²) >= 11 is 1.27. The first-order valence-electron chi connectivity index (χ1n) is 8.25. The van der Waals surface area contributed by atoms with Gasteiger partial charge >= 0.3 is 8.80 Å². The van der Waals surface area contributed by atoms with Gasteiger partial charge in [0.1, 0.15) is 6.29 Å². The molecule has 0 aliphatic heterocycles. The molecular weight excluding hydrogens is 344 g/mol. The third-order valence-electron chi connectivity index (χ3n) is 3.24. The predicted octanol–water partition coefficient (Wildman–Crippen LogP) is 3.81. The Balaban J connectivity index is 2.48. The molecule has 0 aliphatic carbocycles. The highest BCUT2D eigenvalue weighted by Crippen LogP contribution is 2.21. The zero-order chi connectivity index (χ0) is 17.8. The second-order valence-electron chi connectivity index (χ2n) is 4.96. The minimum absolute atomic E-state index is 0.00365. The van der Waals surface area contributed by atoms with Gasteiger partial charge in [0.05, 0.1) is 0 Å². The van der Waals surface area contributed by atoms with E-state index in [4.69, 9.17) is 13.3 Å². The van der Waals surface area contributed by atoms with E-state index >= 15 is 0 Å². The van der Waals surface area contributed by atoms with Crippen molar-refractivity contribution in [2.24, 2.45) is 0 Å². The van der Waals surface area contributed by atoms with Crippen LogP contribution in [0.25, 0.3) is 0 Å². The molecule has 0 aromatic heterocycles. The van der Waals surface area contributed by atoms with Crippen molar-refractivity contribution in [2.45, 2.75) is 33.2 Å². The molecule has 1 aromatic carbocycles. The standard InChI is InChI=1S/C17H26O5SSi/c1-4-20-24(21-5-2,22-6-3)13-7-12-23-17(19)16-10-8-15(14-18)9-11-16/h8-11,14H,4-7,12-13H2,1-3H3. The minimum atomic E-state index is -2.62. The van der Waals surface area contributed by atoms with Gasteiger partial charge < -0.3 is 13.3 Å². The van der Waals surface area contributed by atoms with E-state index in [1.807, 2.05) is 20.8 Å². The topological polar surface area (TPSA) is 61.8 Å². The van der Waals surface area contributed by atoms with E-state index in [-0.39, 0.29) is 5.12 Å². The van der Waals surface area contributed by atoms with E-state index in [2.05, 4.69) is 0 Å². The summed E-state index contributed by atoms with van der Waals surface area (Å²) in [5, 5.41) is 0.00365. The number of hydrogen-bond acceptors (Lipinski definition) is 6. The summed E-state index contributed by atoms with van der Waals surface area (Å²) in [6.07, 6.45) is 1.55. The van der Waals surface area contributed by atoms with Crippen molar-refractivity contribution in [3.63, 3.8) is 0 Å². The molecule has 0 saturated heterocycles. The van der Waals surface area contributed by atoms with Gasteiger partial charge in [-0.05, 0) is 39.3 Å². The van der Waals surface area contributed by atoms with Crippen molar-refractivity contribution in [2.75, 3.05) is 25.6 Å². The van der Waals surface area contributed by atoms with Crippen molar-refractivity contribution in [3.05, 3.63) is 35.4 Å². The van der Waals surface area contributed by atoms with Crippen LogP contribution in [0.1, 0.15) is 47.9 Å². The fraction of sp³-hybridized carbons (Fsp3) is 0.529. The second kappa shape index (κ2) is 11.5. The number of rotatable bonds is 12. The molecule has 0 atom stereocenters. The number of thioether (sulfide) groups is 1. The maximum absolute atomic E-state index is 12.1. The van der Waals surface area contributed by atoms with Gasteiger partial charge in [-0.15, -0.1) is 0 Å². The van der Waals surface area contributed by atoms with Crippen LogP contribution in [0.15, 0.2) is 24.3 Å². The van der Waals surface area contributed by atoms with Crippen LogP contribution in [0, 0.1) is 0 Å². The monoisotopic (exact) mass is 370 g/mol. The molecule has 0 radical (unpaired) electrons. The molecule has 24 heavy (non-hydrogen) atoms. The SMILES string of the molecule is CCO[Si](CCCSC(=O)c1ccc(C=O)cc1)(OCC)OCC. The Labute approximate surface area is 149 Å². The summed E-state index contributed by atoms with van der Waals surface area (Å²) in [5.74, 6) is 0.677. The second-order valence-corrected chi connectivity index (χ2v) is 8.76. The number of carbonyl (C=O) groups is 2. The van der Waals surface area contributed by atoms with E-state index < -0.39 is 8.80 Å². The number of hydrogen-bond donors (Lipinski definition) is 0. The number of aldehydes is 1. The van der Waals surface area contributed by atoms with Gasteiger partial charge in [-0.1, -0.05) is 23.9 Å². The van der Waals surface area contributed by atoms with Crippen LogP contribution in [0.2, 0.25) is 6.04 Å². The fourth-order valence-corrected chi connectivity index (χ4v) is 5.88. The molecule has 0 spiro atoms. The minimum Gasteiger partial charge on any atom is -0.374 e. The lowest BCUT2D eigenvalue weighted by atomic mass is 10.2. The van der Waals surface area contributed by atoms with Crippen LogP contribution < -0.4 is 0 Å². The zero-order valence-corrected chi connectivity index (χ0v) is 16.4. The Kier molecular flexibility index (Phi) is 10.1. The van der Waals surface area contributed by atoms with Gasteiger partial charge in [0.25, 0.3) is 0 Å². The molecule has 134 valence electrons. The van der Waals surface area contributed by atoms with Gasteiger partial charge in [-0.25, -0.2) is 0 Å². The molecule has 7 heteroatoms. The van der Waals surface area contributed by atoms with Gasteiger partial charge in [0.2, 0.25) is 5.12 Å². The summed E-state index contributed by atoms with van der Waals surface area (Å²) < 4.78 is 17.4. The van der Waals surface area contributed by atoms with Crippen LogP contribution in [0.5, 0.6) is 0 Å². The highest BCUT2D eigenvalue weighted by Gasteiger charge is 2.39. The average Bonchev–Trinajstić information content (AvgIpc) is 2.59. The molecule has 0 N–H and O–H groups in total. The van der Waals surface area contributed by atoms with Crippen molar-refractivity contribution in [3.8, 4) is 0 Å². The first-order valence-corrected chi connectivity index (χ1v) is 11.2. The maximum atomic E-state index is 12.1. The molecule has 0 unspecified atom stereocenters. The molecule has 1 rings (SSSR count). The van der Waals surface area contributed by atoms with E-state index in [9.17, 15) is 9.59 Å². The maximum Gasteiger partial charge on any atom is 0.500 e. The Morgan fingerprint density at radius 3 is 2.04 bits per heavy atom. The van der Waals surface area contributed by atoms with Crippen molar-refractivity contribution < 1.29 is 22.9 Å². The highest BCUT2D eigenvalue weighted by atomic mass is 32.2. The van der Waals surface area contributed by atoms with Crippen molar-refractivity contribution >= 4 is 32.0 Å². The molecule has 5 nitrogen and oxygen atoms in total. The molecular formula is C17H26O5SSi. The first kappa shape index (κ1) is 21.1. The Morgan fingerprint density at radius 2 is 1.58 bits per heavy atom. The van der Waals surface area contributed by atoms with Crippen LogP contribution in [0.3, 0.4) is 0 Å². The molecule has 0 bridgehead atoms. The van der Waals surface area contributed by atoms with Crippen LogP contribution in [-0.2, 0) is 13.3 Å². The zero-order valence-electron chi connectivity index (χ0n) is 14.6. The van der Waals surface area contributed by atoms with E-state index in [1.54, 1.807) is 24.3 Å². The lowest BCUT2D eigenvalue weighted by Gasteiger charge is -2.28. The summed E-state index contributed by atoms with van der Waals surface area (Å²) in [5.41, 5.74) is 1.17. The lowest BCUT2D eigenvalue weighted by molar-refractivity contribution is 0.0712. The van der Waals surface area contributed by atoms with Crippen LogP contribution in [-0.4, -0.2) is 45.8 Å². The Morgan fingerprint density at radius 1 is 1.04 bits per heavy atom. The van der Waals surface area contributed by atoms with E-state index in [0.29, 0.717) is 42.7 Å². The highest BCUT2D eigenvalue weighted by molar-refractivity contribution is 8.14. The summed E-state index contributed by atoms with van der Waals surface area (Å²) in [4.78, 5) is 22.8. The predicted molar refractivity (Wildman–Crippen MR) is 98.7 cm³/mol. The molecule has 0 amide bonds. The van der Waals surface area contributed by atoms with Gasteiger partial charge in [-0.3, -0.25) is 9.59 Å². The van der Waals surface area contributed by atoms with Gasteiger partial charge in [-0.2, -0.15) is 0 Å². The van der Waals surface area contributed by atoms with E-state index in [0.717, 1.165) is 12.7 Å². The van der Waals surface area contributed by atoms with Gasteiger partial charge in [0, 0.05) is 42.7 Å². The molecule has 0 saturated carbocycles. The Bertz CT molecular complexity index is 489. The summed E-state index contributed by atoms with van der Waals surface area (Å²) in [6, 6.07) is 7.36. The molecule has 0 heterocycles. The number of carbonyl (C=O) groups excluding carboxylic acids is 2. The number of benzene rings is 1. The van der Waals surface area contributed by atoms with Crippen molar-refractivity contribution in [1.82, 2.24) is 0 Å². The van der Waals surface area contributed by atoms with Gasteiger partial charge in [0.15, 0.2) is 0 Å². The molecule has 1 aromatic rings. The normalized spacial score (nSPS) is 11.5. The average molecular weight is 371 g/mol. The summed E-state index contributed by atoms with van der Waals surface area (Å²) in [6.45, 7) is 7.47. The summed E-state index contributed by atoms with van der Waals surface area (Å²) in [7, 11) is -2.62. The third kappa shape index (κ3) is 6.86.